The van der Waals surface area contributed by atoms with Crippen molar-refractivity contribution >= 4 is 5.97 Å². The molecule has 1 aromatic heterocycles. The van der Waals surface area contributed by atoms with Crippen molar-refractivity contribution in [2.75, 3.05) is 13.2 Å². The number of aryl methyl sites for hydroxylation is 1. The Morgan fingerprint density at radius 2 is 2.00 bits per heavy atom. The number of pyridine rings is 1. The first-order valence-corrected chi connectivity index (χ1v) is 8.08. The van der Waals surface area contributed by atoms with E-state index >= 15 is 0 Å². The number of aromatic amines is 1. The summed E-state index contributed by atoms with van der Waals surface area (Å²) in [6.45, 7) is 4.38. The topological polar surface area (TPSA) is 92.2 Å². The molecule has 0 bridgehead atoms. The Morgan fingerprint density at radius 3 is 2.64 bits per heavy atom. The summed E-state index contributed by atoms with van der Waals surface area (Å²) in [6, 6.07) is 10.8. The van der Waals surface area contributed by atoms with Gasteiger partial charge in [-0.1, -0.05) is 12.1 Å². The number of H-pyrrole nitrogens is 1. The zero-order chi connectivity index (χ0) is 18.2. The van der Waals surface area contributed by atoms with Gasteiger partial charge in [0.05, 0.1) is 13.2 Å². The van der Waals surface area contributed by atoms with Gasteiger partial charge in [-0.25, -0.2) is 0 Å². The minimum absolute atomic E-state index is 0.0832. The number of esters is 1. The van der Waals surface area contributed by atoms with Crippen LogP contribution in [0.2, 0.25) is 0 Å². The molecule has 2 rings (SSSR count). The number of benzene rings is 1. The van der Waals surface area contributed by atoms with Gasteiger partial charge < -0.3 is 14.5 Å². The van der Waals surface area contributed by atoms with E-state index in [1.807, 2.05) is 30.3 Å². The fraction of sp³-hybridized carbons (Fsp3) is 0.316. The molecule has 6 heteroatoms. The van der Waals surface area contributed by atoms with Gasteiger partial charge in [0.1, 0.15) is 17.4 Å². The van der Waals surface area contributed by atoms with Crippen LogP contribution < -0.4 is 10.3 Å². The van der Waals surface area contributed by atoms with Gasteiger partial charge in [0.15, 0.2) is 0 Å². The average Bonchev–Trinajstić information content (AvgIpc) is 2.60. The van der Waals surface area contributed by atoms with E-state index in [4.69, 9.17) is 14.7 Å². The Labute approximate surface area is 146 Å². The third kappa shape index (κ3) is 4.95. The van der Waals surface area contributed by atoms with Gasteiger partial charge in [-0.05, 0) is 44.0 Å². The van der Waals surface area contributed by atoms with Crippen LogP contribution >= 0.6 is 0 Å². The number of hydrogen-bond donors (Lipinski definition) is 1. The van der Waals surface area contributed by atoms with Gasteiger partial charge in [-0.15, -0.1) is 0 Å². The second-order valence-corrected chi connectivity index (χ2v) is 5.44. The van der Waals surface area contributed by atoms with Crippen molar-refractivity contribution in [2.24, 2.45) is 0 Å². The Bertz CT molecular complexity index is 832. The quantitative estimate of drug-likeness (QED) is 0.618. The summed E-state index contributed by atoms with van der Waals surface area (Å²) in [5, 5.41) is 9.00. The molecule has 0 amide bonds. The third-order valence-corrected chi connectivity index (χ3v) is 3.62. The highest BCUT2D eigenvalue weighted by atomic mass is 16.5. The van der Waals surface area contributed by atoms with Crippen LogP contribution in [0.25, 0.3) is 11.1 Å². The number of carbonyl (C=O) groups is 1. The number of aromatic nitrogens is 1. The highest BCUT2D eigenvalue weighted by molar-refractivity contribution is 5.69. The standard InChI is InChI=1S/C19H20N2O4/c1-3-24-18(22)5-4-10-25-16-8-6-14(7-9-16)17-11-15(12-20)19(23)21-13(17)2/h6-9,11H,3-5,10H2,1-2H3,(H,21,23). The lowest BCUT2D eigenvalue weighted by Gasteiger charge is -2.09. The van der Waals surface area contributed by atoms with Gasteiger partial charge >= 0.3 is 5.97 Å². The summed E-state index contributed by atoms with van der Waals surface area (Å²) in [5.74, 6) is 0.471. The predicted molar refractivity (Wildman–Crippen MR) is 93.3 cm³/mol. The molecular weight excluding hydrogens is 320 g/mol. The van der Waals surface area contributed by atoms with E-state index in [-0.39, 0.29) is 17.1 Å². The fourth-order valence-corrected chi connectivity index (χ4v) is 2.38. The lowest BCUT2D eigenvalue weighted by atomic mass is 10.0. The number of ether oxygens (including phenoxy) is 2. The van der Waals surface area contributed by atoms with E-state index in [1.54, 1.807) is 19.9 Å². The first kappa shape index (κ1) is 18.3. The molecule has 0 atom stereocenters. The third-order valence-electron chi connectivity index (χ3n) is 3.62. The van der Waals surface area contributed by atoms with Crippen molar-refractivity contribution in [1.29, 1.82) is 5.26 Å². The van der Waals surface area contributed by atoms with Crippen molar-refractivity contribution in [3.63, 3.8) is 0 Å². The van der Waals surface area contributed by atoms with E-state index in [0.29, 0.717) is 37.5 Å². The molecule has 1 aromatic carbocycles. The second kappa shape index (κ2) is 8.69. The molecular formula is C19H20N2O4. The predicted octanol–water partition coefficient (Wildman–Crippen LogP) is 2.94. The summed E-state index contributed by atoms with van der Waals surface area (Å²) in [6.07, 6.45) is 0.921. The minimum atomic E-state index is -0.384. The Morgan fingerprint density at radius 1 is 1.28 bits per heavy atom. The van der Waals surface area contributed by atoms with E-state index in [1.165, 1.54) is 0 Å². The summed E-state index contributed by atoms with van der Waals surface area (Å²) in [5.41, 5.74) is 2.08. The van der Waals surface area contributed by atoms with Crippen LogP contribution in [0.5, 0.6) is 5.75 Å². The summed E-state index contributed by atoms with van der Waals surface area (Å²) in [7, 11) is 0. The number of hydrogen-bond acceptors (Lipinski definition) is 5. The van der Waals surface area contributed by atoms with Crippen LogP contribution in [0.15, 0.2) is 35.1 Å². The SMILES string of the molecule is CCOC(=O)CCCOc1ccc(-c2cc(C#N)c(=O)[nH]c2C)cc1. The highest BCUT2D eigenvalue weighted by Gasteiger charge is 2.08. The molecule has 130 valence electrons. The maximum atomic E-state index is 11.6. The average molecular weight is 340 g/mol. The molecule has 0 aliphatic rings. The van der Waals surface area contributed by atoms with Gasteiger partial charge in [0.2, 0.25) is 0 Å². The van der Waals surface area contributed by atoms with E-state index < -0.39 is 0 Å². The molecule has 0 unspecified atom stereocenters. The minimum Gasteiger partial charge on any atom is -0.494 e. The lowest BCUT2D eigenvalue weighted by molar-refractivity contribution is -0.143. The van der Waals surface area contributed by atoms with Crippen LogP contribution in [0.4, 0.5) is 0 Å². The molecule has 6 nitrogen and oxygen atoms in total. The Balaban J connectivity index is 2.00. The van der Waals surface area contributed by atoms with Gasteiger partial charge in [0, 0.05) is 17.7 Å². The maximum absolute atomic E-state index is 11.6. The smallest absolute Gasteiger partial charge is 0.305 e. The molecule has 1 heterocycles. The van der Waals surface area contributed by atoms with Crippen molar-refractivity contribution < 1.29 is 14.3 Å². The number of nitrogens with one attached hydrogen (secondary N) is 1. The van der Waals surface area contributed by atoms with Gasteiger partial charge in [0.25, 0.3) is 5.56 Å². The lowest BCUT2D eigenvalue weighted by Crippen LogP contribution is -2.11. The first-order chi connectivity index (χ1) is 12.0. The highest BCUT2D eigenvalue weighted by Crippen LogP contribution is 2.24. The zero-order valence-corrected chi connectivity index (χ0v) is 14.3. The molecule has 0 saturated carbocycles. The fourth-order valence-electron chi connectivity index (χ4n) is 2.38. The molecule has 0 aliphatic heterocycles. The van der Waals surface area contributed by atoms with E-state index in [0.717, 1.165) is 11.1 Å². The van der Waals surface area contributed by atoms with Crippen LogP contribution in [-0.2, 0) is 9.53 Å². The van der Waals surface area contributed by atoms with E-state index in [9.17, 15) is 9.59 Å². The number of carbonyl (C=O) groups excluding carboxylic acids is 1. The molecule has 25 heavy (non-hydrogen) atoms. The van der Waals surface area contributed by atoms with Crippen LogP contribution in [0, 0.1) is 18.3 Å². The van der Waals surface area contributed by atoms with Crippen molar-refractivity contribution in [3.05, 3.63) is 51.9 Å². The van der Waals surface area contributed by atoms with E-state index in [2.05, 4.69) is 4.98 Å². The Kier molecular flexibility index (Phi) is 6.35. The van der Waals surface area contributed by atoms with Crippen LogP contribution in [-0.4, -0.2) is 24.2 Å². The number of rotatable bonds is 7. The van der Waals surface area contributed by atoms with Crippen LogP contribution in [0.1, 0.15) is 31.0 Å². The molecule has 0 saturated heterocycles. The molecule has 2 aromatic rings. The Hall–Kier alpha value is -3.07. The van der Waals surface area contributed by atoms with Gasteiger partial charge in [-0.3, -0.25) is 9.59 Å². The number of nitrogens with zero attached hydrogens (tertiary/aromatic N) is 1. The zero-order valence-electron chi connectivity index (χ0n) is 14.3. The molecule has 0 radical (unpaired) electrons. The molecule has 0 spiro atoms. The van der Waals surface area contributed by atoms with Gasteiger partial charge in [-0.2, -0.15) is 5.26 Å². The monoisotopic (exact) mass is 340 g/mol. The van der Waals surface area contributed by atoms with Crippen molar-refractivity contribution in [3.8, 4) is 22.9 Å². The molecule has 0 fully saturated rings. The molecule has 0 aliphatic carbocycles. The first-order valence-electron chi connectivity index (χ1n) is 8.08. The summed E-state index contributed by atoms with van der Waals surface area (Å²) < 4.78 is 10.5. The largest absolute Gasteiger partial charge is 0.494 e. The normalized spacial score (nSPS) is 10.1. The van der Waals surface area contributed by atoms with Crippen LogP contribution in [0.3, 0.4) is 0 Å². The number of nitriles is 1. The van der Waals surface area contributed by atoms with Crippen molar-refractivity contribution in [2.45, 2.75) is 26.7 Å². The summed E-state index contributed by atoms with van der Waals surface area (Å²) >= 11 is 0. The second-order valence-electron chi connectivity index (χ2n) is 5.44. The maximum Gasteiger partial charge on any atom is 0.305 e. The summed E-state index contributed by atoms with van der Waals surface area (Å²) in [4.78, 5) is 25.5. The van der Waals surface area contributed by atoms with Crippen molar-refractivity contribution in [1.82, 2.24) is 4.98 Å². The molecule has 1 N–H and O–H groups in total.